The third-order valence-corrected chi connectivity index (χ3v) is 4.12. The van der Waals surface area contributed by atoms with Crippen LogP contribution >= 0.6 is 0 Å². The fourth-order valence-corrected chi connectivity index (χ4v) is 3.59. The third-order valence-electron chi connectivity index (χ3n) is 2.24. The molecule has 1 heterocycles. The van der Waals surface area contributed by atoms with Crippen LogP contribution in [-0.4, -0.2) is 32.0 Å². The molecule has 0 aliphatic carbocycles. The van der Waals surface area contributed by atoms with E-state index in [1.165, 1.54) is 0 Å². The highest BCUT2D eigenvalue weighted by Gasteiger charge is 2.30. The zero-order chi connectivity index (χ0) is 9.35. The number of sulfone groups is 1. The number of nitrogens with one attached hydrogen (secondary N) is 1. The van der Waals surface area contributed by atoms with E-state index < -0.39 is 9.84 Å². The molecule has 0 unspecified atom stereocenters. The van der Waals surface area contributed by atoms with Gasteiger partial charge in [0.1, 0.15) is 0 Å². The molecule has 1 aliphatic heterocycles. The summed E-state index contributed by atoms with van der Waals surface area (Å²) in [7, 11) is -2.79. The van der Waals surface area contributed by atoms with Gasteiger partial charge in [-0.15, -0.1) is 0 Å². The van der Waals surface area contributed by atoms with Crippen molar-refractivity contribution in [3.8, 4) is 0 Å². The highest BCUT2D eigenvalue weighted by Crippen LogP contribution is 2.12. The predicted molar refractivity (Wildman–Crippen MR) is 49.9 cm³/mol. The molecule has 0 radical (unpaired) electrons. The smallest absolute Gasteiger partial charge is 0.153 e. The summed E-state index contributed by atoms with van der Waals surface area (Å²) in [6.45, 7) is 6.02. The molecule has 12 heavy (non-hydrogen) atoms. The molecular formula is C8H17NO2S. The van der Waals surface area contributed by atoms with Gasteiger partial charge in [-0.1, -0.05) is 13.8 Å². The van der Waals surface area contributed by atoms with Gasteiger partial charge in [-0.3, -0.25) is 0 Å². The minimum absolute atomic E-state index is 0.108. The van der Waals surface area contributed by atoms with Crippen molar-refractivity contribution in [3.63, 3.8) is 0 Å². The minimum Gasteiger partial charge on any atom is -0.309 e. The van der Waals surface area contributed by atoms with Crippen LogP contribution in [-0.2, 0) is 9.84 Å². The van der Waals surface area contributed by atoms with E-state index in [0.29, 0.717) is 11.7 Å². The van der Waals surface area contributed by atoms with Crippen molar-refractivity contribution in [2.24, 2.45) is 5.92 Å². The monoisotopic (exact) mass is 191 g/mol. The van der Waals surface area contributed by atoms with Gasteiger partial charge < -0.3 is 5.32 Å². The summed E-state index contributed by atoms with van der Waals surface area (Å²) >= 11 is 0. The summed E-state index contributed by atoms with van der Waals surface area (Å²) in [5.74, 6) is 0.980. The van der Waals surface area contributed by atoms with E-state index in [4.69, 9.17) is 0 Å². The molecule has 1 rings (SSSR count). The van der Waals surface area contributed by atoms with Gasteiger partial charge in [-0.2, -0.15) is 0 Å². The first-order valence-electron chi connectivity index (χ1n) is 4.37. The summed E-state index contributed by atoms with van der Waals surface area (Å²) in [6.07, 6.45) is 0. The predicted octanol–water partition coefficient (Wildman–Crippen LogP) is 0.418. The van der Waals surface area contributed by atoms with E-state index >= 15 is 0 Å². The molecule has 1 saturated heterocycles. The average molecular weight is 191 g/mol. The molecule has 1 fully saturated rings. The van der Waals surface area contributed by atoms with Gasteiger partial charge in [-0.05, 0) is 12.8 Å². The van der Waals surface area contributed by atoms with E-state index in [1.807, 2.05) is 20.8 Å². The third kappa shape index (κ3) is 2.45. The van der Waals surface area contributed by atoms with E-state index in [9.17, 15) is 8.42 Å². The Balaban J connectivity index is 2.71. The molecule has 2 atom stereocenters. The molecule has 1 N–H and O–H groups in total. The Hall–Kier alpha value is -0.0900. The zero-order valence-electron chi connectivity index (χ0n) is 7.87. The Morgan fingerprint density at radius 1 is 1.33 bits per heavy atom. The zero-order valence-corrected chi connectivity index (χ0v) is 8.69. The van der Waals surface area contributed by atoms with Crippen LogP contribution in [0.1, 0.15) is 20.8 Å². The van der Waals surface area contributed by atoms with Crippen molar-refractivity contribution in [2.45, 2.75) is 32.9 Å². The summed E-state index contributed by atoms with van der Waals surface area (Å²) in [5.41, 5.74) is 0. The summed E-state index contributed by atoms with van der Waals surface area (Å²) in [4.78, 5) is 0. The van der Waals surface area contributed by atoms with Gasteiger partial charge in [-0.25, -0.2) is 8.42 Å². The second-order valence-electron chi connectivity index (χ2n) is 4.00. The summed E-state index contributed by atoms with van der Waals surface area (Å²) < 4.78 is 22.7. The SMILES string of the molecule is CC(C)[C@@H]1CS(=O)(=O)C[C@H](C)N1. The molecule has 0 spiro atoms. The molecule has 0 aromatic rings. The lowest BCUT2D eigenvalue weighted by Crippen LogP contribution is -2.52. The van der Waals surface area contributed by atoms with Gasteiger partial charge in [0.05, 0.1) is 11.5 Å². The lowest BCUT2D eigenvalue weighted by molar-refractivity contribution is 0.379. The molecule has 0 aromatic heterocycles. The lowest BCUT2D eigenvalue weighted by Gasteiger charge is -2.31. The number of hydrogen-bond acceptors (Lipinski definition) is 3. The standard InChI is InChI=1S/C8H17NO2S/c1-6(2)8-5-12(10,11)4-7(3)9-8/h6-9H,4-5H2,1-3H3/t7-,8-/m0/s1. The van der Waals surface area contributed by atoms with Crippen molar-refractivity contribution < 1.29 is 8.42 Å². The van der Waals surface area contributed by atoms with Gasteiger partial charge >= 0.3 is 0 Å². The topological polar surface area (TPSA) is 46.2 Å². The van der Waals surface area contributed by atoms with E-state index in [-0.39, 0.29) is 17.8 Å². The first-order chi connectivity index (χ1) is 5.41. The maximum absolute atomic E-state index is 11.3. The molecule has 0 amide bonds. The van der Waals surface area contributed by atoms with Crippen molar-refractivity contribution >= 4 is 9.84 Å². The largest absolute Gasteiger partial charge is 0.309 e. The van der Waals surface area contributed by atoms with Crippen LogP contribution in [0.2, 0.25) is 0 Å². The molecule has 72 valence electrons. The van der Waals surface area contributed by atoms with Crippen LogP contribution in [0, 0.1) is 5.92 Å². The highest BCUT2D eigenvalue weighted by molar-refractivity contribution is 7.91. The first kappa shape index (κ1) is 9.99. The normalized spacial score (nSPS) is 35.3. The van der Waals surface area contributed by atoms with E-state index in [0.717, 1.165) is 0 Å². The van der Waals surface area contributed by atoms with Crippen LogP contribution < -0.4 is 5.32 Å². The number of hydrogen-bond donors (Lipinski definition) is 1. The molecule has 3 nitrogen and oxygen atoms in total. The fraction of sp³-hybridized carbons (Fsp3) is 1.00. The number of rotatable bonds is 1. The van der Waals surface area contributed by atoms with Crippen molar-refractivity contribution in [3.05, 3.63) is 0 Å². The van der Waals surface area contributed by atoms with Crippen LogP contribution in [0.25, 0.3) is 0 Å². The van der Waals surface area contributed by atoms with E-state index in [1.54, 1.807) is 0 Å². The Morgan fingerprint density at radius 3 is 2.33 bits per heavy atom. The van der Waals surface area contributed by atoms with Crippen molar-refractivity contribution in [2.75, 3.05) is 11.5 Å². The summed E-state index contributed by atoms with van der Waals surface area (Å²) in [6, 6.07) is 0.245. The summed E-state index contributed by atoms with van der Waals surface area (Å²) in [5, 5.41) is 3.29. The molecular weight excluding hydrogens is 174 g/mol. The van der Waals surface area contributed by atoms with Crippen LogP contribution in [0.15, 0.2) is 0 Å². The second-order valence-corrected chi connectivity index (χ2v) is 6.15. The van der Waals surface area contributed by atoms with Gasteiger partial charge in [0.15, 0.2) is 9.84 Å². The van der Waals surface area contributed by atoms with Gasteiger partial charge in [0, 0.05) is 12.1 Å². The molecule has 0 aromatic carbocycles. The first-order valence-corrected chi connectivity index (χ1v) is 6.19. The average Bonchev–Trinajstić information content (AvgIpc) is 1.82. The highest BCUT2D eigenvalue weighted by atomic mass is 32.2. The Labute approximate surface area is 74.5 Å². The molecule has 0 saturated carbocycles. The molecule has 0 bridgehead atoms. The Morgan fingerprint density at radius 2 is 1.92 bits per heavy atom. The van der Waals surface area contributed by atoms with Crippen molar-refractivity contribution in [1.82, 2.24) is 5.32 Å². The minimum atomic E-state index is -2.79. The van der Waals surface area contributed by atoms with Crippen molar-refractivity contribution in [1.29, 1.82) is 0 Å². The lowest BCUT2D eigenvalue weighted by atomic mass is 10.1. The second kappa shape index (κ2) is 3.34. The van der Waals surface area contributed by atoms with E-state index in [2.05, 4.69) is 5.32 Å². The quantitative estimate of drug-likeness (QED) is 0.653. The van der Waals surface area contributed by atoms with Gasteiger partial charge in [0.2, 0.25) is 0 Å². The van der Waals surface area contributed by atoms with Crippen LogP contribution in [0.5, 0.6) is 0 Å². The Bertz CT molecular complexity index is 246. The van der Waals surface area contributed by atoms with Crippen LogP contribution in [0.4, 0.5) is 0 Å². The molecule has 4 heteroatoms. The maximum atomic E-state index is 11.3. The van der Waals surface area contributed by atoms with Crippen LogP contribution in [0.3, 0.4) is 0 Å². The Kier molecular flexibility index (Phi) is 2.78. The maximum Gasteiger partial charge on any atom is 0.153 e. The van der Waals surface area contributed by atoms with Gasteiger partial charge in [0.25, 0.3) is 0 Å². The fourth-order valence-electron chi connectivity index (χ4n) is 1.57. The molecule has 1 aliphatic rings.